The van der Waals surface area contributed by atoms with Crippen molar-refractivity contribution in [3.05, 3.63) is 72.6 Å². The standard InChI is InChI=1S/C32H30F3N7O6S2/c1-46-25-15-23-24(16-26(25)47-2)39-28-27(23)29(37-18-36-28)41-11-13-42(14-12-41)31(49)38-20-5-9-22(10-6-20)50(44,45)40-30(43)19-3-7-21(8-4-19)48-17-32(33,34)35/h3-10,15-16,18H,11-14,17H2,1-2H3,(H,38,49)(H,40,43)(H,36,37,39)/p+1. The zero-order valence-corrected chi connectivity index (χ0v) is 28.3. The van der Waals surface area contributed by atoms with Gasteiger partial charge in [-0.2, -0.15) is 13.2 Å². The van der Waals surface area contributed by atoms with Crippen LogP contribution >= 0.6 is 12.2 Å². The van der Waals surface area contributed by atoms with Crippen LogP contribution in [0, 0.1) is 0 Å². The molecule has 1 aliphatic rings. The number of nitrogens with zero attached hydrogens (tertiary/aromatic N) is 3. The predicted octanol–water partition coefficient (Wildman–Crippen LogP) is 4.13. The van der Waals surface area contributed by atoms with E-state index < -0.39 is 28.7 Å². The van der Waals surface area contributed by atoms with E-state index >= 15 is 0 Å². The maximum Gasteiger partial charge on any atom is 0.422 e. The van der Waals surface area contributed by atoms with Crippen LogP contribution in [0.3, 0.4) is 0 Å². The third kappa shape index (κ3) is 7.45. The average Bonchev–Trinajstić information content (AvgIpc) is 3.47. The van der Waals surface area contributed by atoms with Crippen LogP contribution in [0.25, 0.3) is 21.9 Å². The molecular weight excluding hydrogens is 700 g/mol. The number of alkyl halides is 3. The molecule has 0 atom stereocenters. The highest BCUT2D eigenvalue weighted by molar-refractivity contribution is 7.90. The number of hydrogen-bond donors (Lipinski definition) is 3. The topological polar surface area (TPSA) is 152 Å². The molecule has 0 unspecified atom stereocenters. The Kier molecular flexibility index (Phi) is 9.57. The minimum Gasteiger partial charge on any atom is -0.493 e. The molecule has 50 heavy (non-hydrogen) atoms. The van der Waals surface area contributed by atoms with Gasteiger partial charge in [-0.1, -0.05) is 4.98 Å². The van der Waals surface area contributed by atoms with Gasteiger partial charge >= 0.3 is 6.18 Å². The molecule has 3 aromatic carbocycles. The number of hydrogen-bond acceptors (Lipinski definition) is 9. The van der Waals surface area contributed by atoms with Crippen molar-refractivity contribution in [3.8, 4) is 17.2 Å². The molecule has 1 saturated heterocycles. The Hall–Kier alpha value is -5.36. The largest absolute Gasteiger partial charge is 0.493 e. The molecule has 262 valence electrons. The Morgan fingerprint density at radius 1 is 1.00 bits per heavy atom. The van der Waals surface area contributed by atoms with E-state index in [2.05, 4.69) is 29.9 Å². The number of methoxy groups -OCH3 is 2. The minimum absolute atomic E-state index is 0.0785. The lowest BCUT2D eigenvalue weighted by Gasteiger charge is -2.34. The van der Waals surface area contributed by atoms with Gasteiger partial charge in [-0.15, -0.1) is 0 Å². The fourth-order valence-electron chi connectivity index (χ4n) is 5.48. The number of sulfonamides is 1. The number of amides is 1. The molecule has 13 nitrogen and oxygen atoms in total. The van der Waals surface area contributed by atoms with Gasteiger partial charge in [0.2, 0.25) is 17.8 Å². The highest BCUT2D eigenvalue weighted by Gasteiger charge is 2.29. The highest BCUT2D eigenvalue weighted by atomic mass is 32.2. The summed E-state index contributed by atoms with van der Waals surface area (Å²) in [5.74, 6) is 1.05. The summed E-state index contributed by atoms with van der Waals surface area (Å²) in [6, 6.07) is 14.1. The smallest absolute Gasteiger partial charge is 0.422 e. The number of ether oxygens (including phenoxy) is 3. The molecule has 0 bridgehead atoms. The number of carbonyl (C=O) groups is 1. The average molecular weight is 731 g/mol. The normalized spacial score (nSPS) is 13.7. The second kappa shape index (κ2) is 13.9. The van der Waals surface area contributed by atoms with Crippen molar-refractivity contribution < 1.29 is 45.6 Å². The quantitative estimate of drug-likeness (QED) is 0.188. The summed E-state index contributed by atoms with van der Waals surface area (Å²) in [5, 5.41) is 5.46. The number of carbonyl (C=O) groups excluding carboxylic acids is 1. The van der Waals surface area contributed by atoms with E-state index in [4.69, 9.17) is 21.7 Å². The van der Waals surface area contributed by atoms with Crippen LogP contribution < -0.4 is 34.1 Å². The first-order valence-corrected chi connectivity index (χ1v) is 17.0. The van der Waals surface area contributed by atoms with Crippen LogP contribution in [-0.2, 0) is 10.0 Å². The number of piperazine rings is 1. The van der Waals surface area contributed by atoms with Gasteiger partial charge in [0, 0.05) is 22.7 Å². The molecule has 0 spiro atoms. The number of anilines is 2. The molecule has 18 heteroatoms. The van der Waals surface area contributed by atoms with Gasteiger partial charge in [0.15, 0.2) is 23.2 Å². The summed E-state index contributed by atoms with van der Waals surface area (Å²) in [4.78, 5) is 27.8. The van der Waals surface area contributed by atoms with Gasteiger partial charge in [0.05, 0.1) is 50.8 Å². The molecule has 3 heterocycles. The number of nitrogens with one attached hydrogen (secondary N) is 4. The van der Waals surface area contributed by atoms with Gasteiger partial charge in [-0.05, 0) is 66.8 Å². The molecule has 1 aliphatic heterocycles. The highest BCUT2D eigenvalue weighted by Crippen LogP contribution is 2.37. The number of thiocarbonyl (C=S) groups is 1. The Morgan fingerprint density at radius 2 is 1.66 bits per heavy atom. The number of rotatable bonds is 9. The van der Waals surface area contributed by atoms with E-state index in [1.54, 1.807) is 20.5 Å². The van der Waals surface area contributed by atoms with Crippen molar-refractivity contribution in [2.45, 2.75) is 11.1 Å². The molecule has 0 aliphatic carbocycles. The molecule has 6 rings (SSSR count). The lowest BCUT2D eigenvalue weighted by Crippen LogP contribution is -2.51. The maximum absolute atomic E-state index is 12.9. The van der Waals surface area contributed by atoms with Crippen LogP contribution in [0.2, 0.25) is 0 Å². The van der Waals surface area contributed by atoms with Crippen molar-refractivity contribution in [1.82, 2.24) is 19.6 Å². The van der Waals surface area contributed by atoms with E-state index in [0.717, 1.165) is 52.0 Å². The molecule has 4 N–H and O–H groups in total. The van der Waals surface area contributed by atoms with E-state index in [-0.39, 0.29) is 16.2 Å². The SMILES string of the molecule is COc1cc2[nH]c3nc[nH+]c(N4CCN(C(=S)Nc5ccc(S(=O)(=O)NC(=O)c6ccc(OCC(F)(F)F)cc6)cc5)CC4)c3c2cc1OC. The zero-order valence-electron chi connectivity index (χ0n) is 26.6. The predicted molar refractivity (Wildman–Crippen MR) is 182 cm³/mol. The van der Waals surface area contributed by atoms with Crippen LogP contribution in [0.1, 0.15) is 10.4 Å². The summed E-state index contributed by atoms with van der Waals surface area (Å²) in [6.07, 6.45) is -2.87. The lowest BCUT2D eigenvalue weighted by atomic mass is 10.1. The Balaban J connectivity index is 1.05. The number of halogens is 3. The van der Waals surface area contributed by atoms with Crippen LogP contribution in [-0.4, -0.2) is 87.5 Å². The van der Waals surface area contributed by atoms with Gasteiger partial charge in [0.25, 0.3) is 15.9 Å². The second-order valence-corrected chi connectivity index (χ2v) is 13.2. The van der Waals surface area contributed by atoms with E-state index in [1.807, 2.05) is 21.8 Å². The summed E-state index contributed by atoms with van der Waals surface area (Å²) in [5.41, 5.74) is 2.05. The molecule has 2 aromatic heterocycles. The first-order valence-electron chi connectivity index (χ1n) is 15.1. The summed E-state index contributed by atoms with van der Waals surface area (Å²) in [7, 11) is -1.08. The Bertz CT molecular complexity index is 2150. The minimum atomic E-state index is -4.52. The fourth-order valence-corrected chi connectivity index (χ4v) is 6.76. The van der Waals surface area contributed by atoms with E-state index in [0.29, 0.717) is 48.5 Å². The molecular formula is C32H31F3N7O6S2+. The van der Waals surface area contributed by atoms with Gasteiger partial charge < -0.3 is 29.4 Å². The van der Waals surface area contributed by atoms with Crippen LogP contribution in [0.5, 0.6) is 17.2 Å². The van der Waals surface area contributed by atoms with Crippen molar-refractivity contribution in [3.63, 3.8) is 0 Å². The first kappa shape index (κ1) is 34.5. The Morgan fingerprint density at radius 3 is 2.30 bits per heavy atom. The molecule has 0 saturated carbocycles. The monoisotopic (exact) mass is 730 g/mol. The maximum atomic E-state index is 12.9. The van der Waals surface area contributed by atoms with Gasteiger partial charge in [-0.3, -0.25) is 9.69 Å². The second-order valence-electron chi connectivity index (χ2n) is 11.1. The molecule has 1 fully saturated rings. The van der Waals surface area contributed by atoms with Crippen molar-refractivity contribution in [2.75, 3.05) is 57.2 Å². The lowest BCUT2D eigenvalue weighted by molar-refractivity contribution is -0.367. The van der Waals surface area contributed by atoms with E-state index in [1.165, 1.54) is 24.3 Å². The molecule has 1 amide bonds. The van der Waals surface area contributed by atoms with Gasteiger partial charge in [-0.25, -0.2) is 18.1 Å². The van der Waals surface area contributed by atoms with Crippen molar-refractivity contribution in [1.29, 1.82) is 0 Å². The number of fused-ring (bicyclic) bond motifs is 3. The van der Waals surface area contributed by atoms with Crippen LogP contribution in [0.4, 0.5) is 24.7 Å². The summed E-state index contributed by atoms with van der Waals surface area (Å²) < 4.78 is 80.3. The third-order valence-corrected chi connectivity index (χ3v) is 9.67. The summed E-state index contributed by atoms with van der Waals surface area (Å²) >= 11 is 5.66. The third-order valence-electron chi connectivity index (χ3n) is 7.96. The molecule has 5 aromatic rings. The number of benzene rings is 3. The number of H-pyrrole nitrogens is 2. The summed E-state index contributed by atoms with van der Waals surface area (Å²) in [6.45, 7) is 1.02. The number of aromatic nitrogens is 3. The van der Waals surface area contributed by atoms with E-state index in [9.17, 15) is 26.4 Å². The molecule has 0 radical (unpaired) electrons. The number of aromatic amines is 2. The first-order chi connectivity index (χ1) is 23.8. The van der Waals surface area contributed by atoms with Crippen LogP contribution in [0.15, 0.2) is 71.9 Å². The van der Waals surface area contributed by atoms with Gasteiger partial charge in [0.1, 0.15) is 11.1 Å². The fraction of sp³-hybridized carbons (Fsp3) is 0.250. The Labute approximate surface area is 289 Å². The van der Waals surface area contributed by atoms with Crippen molar-refractivity contribution >= 4 is 66.7 Å². The van der Waals surface area contributed by atoms with Crippen molar-refractivity contribution in [2.24, 2.45) is 0 Å². The zero-order chi connectivity index (χ0) is 35.6.